The van der Waals surface area contributed by atoms with Gasteiger partial charge in [-0.1, -0.05) is 3.89 Å². The fourth-order valence-corrected chi connectivity index (χ4v) is 1.61. The number of halogens is 1. The van der Waals surface area contributed by atoms with Crippen LogP contribution < -0.4 is 0 Å². The molecule has 0 aliphatic carbocycles. The molecule has 0 amide bonds. The predicted molar refractivity (Wildman–Crippen MR) is 41.0 cm³/mol. The highest BCUT2D eigenvalue weighted by molar-refractivity contribution is 7.86. The minimum atomic E-state index is -4.68. The molecule has 0 fully saturated rings. The van der Waals surface area contributed by atoms with Crippen molar-refractivity contribution < 1.29 is 12.3 Å². The van der Waals surface area contributed by atoms with Gasteiger partial charge in [-0.15, -0.1) is 0 Å². The number of hydrogen-bond acceptors (Lipinski definition) is 3. The molecule has 0 saturated heterocycles. The van der Waals surface area contributed by atoms with E-state index in [4.69, 9.17) is 0 Å². The van der Waals surface area contributed by atoms with Gasteiger partial charge >= 0.3 is 10.2 Å². The molecule has 6 heteroatoms. The fourth-order valence-electron chi connectivity index (χ4n) is 0.904. The molecule has 0 bridgehead atoms. The number of rotatable bonds is 1. The SMILES string of the molecule is Cc1nc(S(=O)(=O)F)n(C)c1C. The highest BCUT2D eigenvalue weighted by Crippen LogP contribution is 2.14. The molecule has 0 saturated carbocycles. The third-order valence-corrected chi connectivity index (χ3v) is 2.60. The number of hydrogen-bond donors (Lipinski definition) is 0. The van der Waals surface area contributed by atoms with Crippen LogP contribution in [-0.2, 0) is 17.3 Å². The summed E-state index contributed by atoms with van der Waals surface area (Å²) in [5.74, 6) is 0. The smallest absolute Gasteiger partial charge is 0.320 e. The van der Waals surface area contributed by atoms with Crippen molar-refractivity contribution in [2.45, 2.75) is 19.0 Å². The fraction of sp³-hybridized carbons (Fsp3) is 0.500. The quantitative estimate of drug-likeness (QED) is 0.615. The van der Waals surface area contributed by atoms with Crippen LogP contribution in [0.1, 0.15) is 11.4 Å². The van der Waals surface area contributed by atoms with Gasteiger partial charge in [0.1, 0.15) is 0 Å². The summed E-state index contributed by atoms with van der Waals surface area (Å²) in [6.07, 6.45) is 0. The lowest BCUT2D eigenvalue weighted by atomic mass is 10.4. The van der Waals surface area contributed by atoms with Crippen LogP contribution in [0.5, 0.6) is 0 Å². The molecule has 4 nitrogen and oxygen atoms in total. The van der Waals surface area contributed by atoms with E-state index in [1.54, 1.807) is 13.8 Å². The van der Waals surface area contributed by atoms with Gasteiger partial charge in [-0.2, -0.15) is 8.42 Å². The Morgan fingerprint density at radius 3 is 2.08 bits per heavy atom. The lowest BCUT2D eigenvalue weighted by Crippen LogP contribution is -2.03. The van der Waals surface area contributed by atoms with Crippen LogP contribution in [0.3, 0.4) is 0 Å². The zero-order valence-electron chi connectivity index (χ0n) is 7.00. The minimum absolute atomic E-state index is 0.522. The topological polar surface area (TPSA) is 52.0 Å². The second-order valence-corrected chi connectivity index (χ2v) is 3.80. The van der Waals surface area contributed by atoms with E-state index in [9.17, 15) is 12.3 Å². The van der Waals surface area contributed by atoms with Crippen LogP contribution in [0.15, 0.2) is 5.16 Å². The van der Waals surface area contributed by atoms with E-state index in [2.05, 4.69) is 4.98 Å². The molecule has 68 valence electrons. The molecule has 0 spiro atoms. The summed E-state index contributed by atoms with van der Waals surface area (Å²) in [6.45, 7) is 3.31. The summed E-state index contributed by atoms with van der Waals surface area (Å²) < 4.78 is 34.6. The van der Waals surface area contributed by atoms with Crippen molar-refractivity contribution >= 4 is 10.2 Å². The van der Waals surface area contributed by atoms with Crippen LogP contribution >= 0.6 is 0 Å². The van der Waals surface area contributed by atoms with Gasteiger partial charge in [0.15, 0.2) is 0 Å². The van der Waals surface area contributed by atoms with E-state index >= 15 is 0 Å². The molecule has 0 aliphatic heterocycles. The molecule has 0 aliphatic rings. The average molecular weight is 192 g/mol. The van der Waals surface area contributed by atoms with Crippen LogP contribution in [0.4, 0.5) is 3.89 Å². The Hall–Kier alpha value is -0.910. The van der Waals surface area contributed by atoms with E-state index in [0.717, 1.165) is 0 Å². The number of aryl methyl sites for hydroxylation is 1. The zero-order valence-corrected chi connectivity index (χ0v) is 7.81. The van der Waals surface area contributed by atoms with Crippen LogP contribution in [0.25, 0.3) is 0 Å². The highest BCUT2D eigenvalue weighted by atomic mass is 32.3. The molecule has 0 unspecified atom stereocenters. The normalized spacial score (nSPS) is 12.0. The van der Waals surface area contributed by atoms with E-state index in [1.165, 1.54) is 11.6 Å². The van der Waals surface area contributed by atoms with Crippen molar-refractivity contribution in [2.24, 2.45) is 7.05 Å². The highest BCUT2D eigenvalue weighted by Gasteiger charge is 2.20. The number of nitrogens with zero attached hydrogens (tertiary/aromatic N) is 2. The first kappa shape index (κ1) is 9.18. The van der Waals surface area contributed by atoms with E-state index < -0.39 is 15.4 Å². The van der Waals surface area contributed by atoms with Gasteiger partial charge in [0.25, 0.3) is 5.16 Å². The van der Waals surface area contributed by atoms with Gasteiger partial charge in [-0.3, -0.25) is 0 Å². The zero-order chi connectivity index (χ0) is 9.52. The molecule has 12 heavy (non-hydrogen) atoms. The first-order valence-corrected chi connectivity index (χ1v) is 4.67. The summed E-state index contributed by atoms with van der Waals surface area (Å²) in [7, 11) is -3.22. The molecule has 1 aromatic rings. The molecule has 1 rings (SSSR count). The third-order valence-electron chi connectivity index (χ3n) is 1.80. The van der Waals surface area contributed by atoms with Crippen molar-refractivity contribution in [3.05, 3.63) is 11.4 Å². The molecule has 0 atom stereocenters. The first-order valence-electron chi connectivity index (χ1n) is 3.28. The molecular formula is C6H9FN2O2S. The monoisotopic (exact) mass is 192 g/mol. The Labute approximate surface area is 70.3 Å². The number of aromatic nitrogens is 2. The Morgan fingerprint density at radius 2 is 1.92 bits per heavy atom. The average Bonchev–Trinajstić information content (AvgIpc) is 2.15. The maximum Gasteiger partial charge on any atom is 0.366 e. The van der Waals surface area contributed by atoms with Crippen LogP contribution in [0.2, 0.25) is 0 Å². The molecule has 0 N–H and O–H groups in total. The summed E-state index contributed by atoms with van der Waals surface area (Å²) in [5, 5.41) is -0.530. The Kier molecular flexibility index (Phi) is 1.95. The second kappa shape index (κ2) is 2.55. The van der Waals surface area contributed by atoms with Gasteiger partial charge in [-0.05, 0) is 13.8 Å². The van der Waals surface area contributed by atoms with Crippen molar-refractivity contribution in [3.63, 3.8) is 0 Å². The van der Waals surface area contributed by atoms with Gasteiger partial charge in [0.05, 0.1) is 5.69 Å². The minimum Gasteiger partial charge on any atom is -0.320 e. The maximum atomic E-state index is 12.5. The predicted octanol–water partition coefficient (Wildman–Crippen LogP) is 0.695. The van der Waals surface area contributed by atoms with Gasteiger partial charge in [0, 0.05) is 12.7 Å². The van der Waals surface area contributed by atoms with Crippen molar-refractivity contribution in [3.8, 4) is 0 Å². The van der Waals surface area contributed by atoms with Gasteiger partial charge < -0.3 is 4.57 Å². The van der Waals surface area contributed by atoms with Crippen molar-refractivity contribution in [1.29, 1.82) is 0 Å². The first-order chi connectivity index (χ1) is 5.34. The maximum absolute atomic E-state index is 12.5. The lowest BCUT2D eigenvalue weighted by molar-refractivity contribution is 0.533. The van der Waals surface area contributed by atoms with Gasteiger partial charge in [0.2, 0.25) is 0 Å². The van der Waals surface area contributed by atoms with Crippen LogP contribution in [0, 0.1) is 13.8 Å². The molecule has 1 heterocycles. The molecular weight excluding hydrogens is 183 g/mol. The second-order valence-electron chi connectivity index (χ2n) is 2.56. The lowest BCUT2D eigenvalue weighted by Gasteiger charge is -1.96. The third kappa shape index (κ3) is 1.34. The Balaban J connectivity index is 3.48. The Morgan fingerprint density at radius 1 is 1.42 bits per heavy atom. The molecule has 0 radical (unpaired) electrons. The molecule has 0 aromatic carbocycles. The Bertz CT molecular complexity index is 407. The number of imidazole rings is 1. The van der Waals surface area contributed by atoms with E-state index in [0.29, 0.717) is 11.4 Å². The van der Waals surface area contributed by atoms with E-state index in [-0.39, 0.29) is 0 Å². The van der Waals surface area contributed by atoms with Crippen molar-refractivity contribution in [2.75, 3.05) is 0 Å². The summed E-state index contributed by atoms with van der Waals surface area (Å²) in [6, 6.07) is 0. The summed E-state index contributed by atoms with van der Waals surface area (Å²) in [4.78, 5) is 3.58. The largest absolute Gasteiger partial charge is 0.366 e. The summed E-state index contributed by atoms with van der Waals surface area (Å²) in [5.41, 5.74) is 1.17. The summed E-state index contributed by atoms with van der Waals surface area (Å²) >= 11 is 0. The van der Waals surface area contributed by atoms with Gasteiger partial charge in [-0.25, -0.2) is 4.98 Å². The van der Waals surface area contributed by atoms with E-state index in [1.807, 2.05) is 0 Å². The standard InChI is InChI=1S/C6H9FN2O2S/c1-4-5(2)9(3)6(8-4)12(7,10)11/h1-3H3. The van der Waals surface area contributed by atoms with Crippen molar-refractivity contribution in [1.82, 2.24) is 9.55 Å². The molecule has 1 aromatic heterocycles. The van der Waals surface area contributed by atoms with Crippen LogP contribution in [-0.4, -0.2) is 18.0 Å².